The van der Waals surface area contributed by atoms with Crippen molar-refractivity contribution < 1.29 is 9.63 Å². The highest BCUT2D eigenvalue weighted by Gasteiger charge is 2.13. The van der Waals surface area contributed by atoms with Gasteiger partial charge >= 0.3 is 0 Å². The fourth-order valence-electron chi connectivity index (χ4n) is 1.62. The Morgan fingerprint density at radius 1 is 1.25 bits per heavy atom. The molecule has 4 nitrogen and oxygen atoms in total. The van der Waals surface area contributed by atoms with E-state index in [1.54, 1.807) is 11.3 Å². The minimum absolute atomic E-state index is 0.0606. The van der Waals surface area contributed by atoms with E-state index in [0.717, 1.165) is 39.0 Å². The second-order valence-electron chi connectivity index (χ2n) is 3.75. The summed E-state index contributed by atoms with van der Waals surface area (Å²) in [6, 6.07) is 0. The molecule has 0 unspecified atom stereocenters. The lowest BCUT2D eigenvalue weighted by molar-refractivity contribution is 0.284. The van der Waals surface area contributed by atoms with E-state index in [-0.39, 0.29) is 6.61 Å². The van der Waals surface area contributed by atoms with Crippen molar-refractivity contribution in [1.29, 1.82) is 0 Å². The summed E-state index contributed by atoms with van der Waals surface area (Å²) in [5.41, 5.74) is 2.92. The zero-order valence-electron chi connectivity index (χ0n) is 9.57. The van der Waals surface area contributed by atoms with Crippen molar-refractivity contribution >= 4 is 11.3 Å². The summed E-state index contributed by atoms with van der Waals surface area (Å²) in [4.78, 5) is 5.36. The van der Waals surface area contributed by atoms with Crippen LogP contribution in [-0.2, 0) is 13.0 Å². The molecule has 0 radical (unpaired) electrons. The lowest BCUT2D eigenvalue weighted by Gasteiger charge is -1.94. The molecule has 2 aromatic heterocycles. The van der Waals surface area contributed by atoms with Gasteiger partial charge in [-0.1, -0.05) is 5.16 Å². The first-order valence-corrected chi connectivity index (χ1v) is 5.91. The van der Waals surface area contributed by atoms with Crippen LogP contribution in [0.25, 0.3) is 0 Å². The highest BCUT2D eigenvalue weighted by molar-refractivity contribution is 7.11. The Hall–Kier alpha value is -1.20. The SMILES string of the molecule is Cc1nc(Cc2c(C)noc2C)sc1CO. The molecule has 5 heteroatoms. The van der Waals surface area contributed by atoms with Gasteiger partial charge in [0.1, 0.15) is 5.76 Å². The minimum atomic E-state index is 0.0606. The van der Waals surface area contributed by atoms with Crippen molar-refractivity contribution in [2.24, 2.45) is 0 Å². The first-order valence-electron chi connectivity index (χ1n) is 5.09. The molecule has 0 bridgehead atoms. The van der Waals surface area contributed by atoms with Crippen LogP contribution in [0.2, 0.25) is 0 Å². The second-order valence-corrected chi connectivity index (χ2v) is 4.92. The van der Waals surface area contributed by atoms with Gasteiger partial charge in [-0.25, -0.2) is 4.98 Å². The summed E-state index contributed by atoms with van der Waals surface area (Å²) < 4.78 is 5.11. The monoisotopic (exact) mass is 238 g/mol. The number of rotatable bonds is 3. The van der Waals surface area contributed by atoms with E-state index < -0.39 is 0 Å². The third kappa shape index (κ3) is 2.01. The first-order chi connectivity index (χ1) is 7.61. The van der Waals surface area contributed by atoms with Crippen LogP contribution in [0.4, 0.5) is 0 Å². The Bertz CT molecular complexity index is 483. The zero-order valence-corrected chi connectivity index (χ0v) is 10.4. The normalized spacial score (nSPS) is 11.0. The molecule has 2 aromatic rings. The maximum atomic E-state index is 9.11. The number of hydrogen-bond donors (Lipinski definition) is 1. The highest BCUT2D eigenvalue weighted by atomic mass is 32.1. The molecule has 86 valence electrons. The quantitative estimate of drug-likeness (QED) is 0.890. The van der Waals surface area contributed by atoms with Crippen molar-refractivity contribution in [1.82, 2.24) is 10.1 Å². The smallest absolute Gasteiger partial charge is 0.137 e. The summed E-state index contributed by atoms with van der Waals surface area (Å²) in [5.74, 6) is 0.843. The van der Waals surface area contributed by atoms with E-state index in [1.165, 1.54) is 0 Å². The Labute approximate surface area is 97.9 Å². The molecule has 0 saturated carbocycles. The van der Waals surface area contributed by atoms with Gasteiger partial charge in [0.05, 0.1) is 27.9 Å². The minimum Gasteiger partial charge on any atom is -0.391 e. The van der Waals surface area contributed by atoms with Gasteiger partial charge in [0.15, 0.2) is 0 Å². The summed E-state index contributed by atoms with van der Waals surface area (Å²) in [6.07, 6.45) is 0.729. The summed E-state index contributed by atoms with van der Waals surface area (Å²) >= 11 is 1.54. The van der Waals surface area contributed by atoms with Gasteiger partial charge in [0.2, 0.25) is 0 Å². The predicted molar refractivity (Wildman–Crippen MR) is 61.6 cm³/mol. The van der Waals surface area contributed by atoms with Gasteiger partial charge in [-0.15, -0.1) is 11.3 Å². The molecule has 0 aliphatic carbocycles. The number of aryl methyl sites for hydroxylation is 3. The number of aromatic nitrogens is 2. The van der Waals surface area contributed by atoms with Crippen molar-refractivity contribution in [3.8, 4) is 0 Å². The molecule has 0 spiro atoms. The van der Waals surface area contributed by atoms with E-state index in [2.05, 4.69) is 10.1 Å². The molecule has 2 rings (SSSR count). The predicted octanol–water partition coefficient (Wildman–Crippen LogP) is 2.14. The lowest BCUT2D eigenvalue weighted by Crippen LogP contribution is -1.90. The van der Waals surface area contributed by atoms with Gasteiger partial charge < -0.3 is 9.63 Å². The van der Waals surface area contributed by atoms with Crippen LogP contribution in [0.15, 0.2) is 4.52 Å². The number of thiazole rings is 1. The molecule has 0 fully saturated rings. The van der Waals surface area contributed by atoms with Crippen LogP contribution in [0, 0.1) is 20.8 Å². The summed E-state index contributed by atoms with van der Waals surface area (Å²) in [7, 11) is 0. The van der Waals surface area contributed by atoms with Gasteiger partial charge in [0, 0.05) is 12.0 Å². The number of nitrogens with zero attached hydrogens (tertiary/aromatic N) is 2. The zero-order chi connectivity index (χ0) is 11.7. The molecule has 0 aliphatic heterocycles. The molecule has 0 amide bonds. The molecule has 0 saturated heterocycles. The van der Waals surface area contributed by atoms with Crippen LogP contribution < -0.4 is 0 Å². The van der Waals surface area contributed by atoms with E-state index in [4.69, 9.17) is 9.63 Å². The van der Waals surface area contributed by atoms with Crippen LogP contribution in [0.1, 0.15) is 32.6 Å². The van der Waals surface area contributed by atoms with E-state index in [1.807, 2.05) is 20.8 Å². The molecular weight excluding hydrogens is 224 g/mol. The standard InChI is InChI=1S/C11H14N2O2S/c1-6-9(8(3)15-13-6)4-11-12-7(2)10(5-14)16-11/h14H,4-5H2,1-3H3. The van der Waals surface area contributed by atoms with Crippen LogP contribution >= 0.6 is 11.3 Å². The Kier molecular flexibility index (Phi) is 3.07. The topological polar surface area (TPSA) is 59.2 Å². The molecule has 0 atom stereocenters. The summed E-state index contributed by atoms with van der Waals surface area (Å²) in [5, 5.41) is 14.0. The average Bonchev–Trinajstić information content (AvgIpc) is 2.76. The summed E-state index contributed by atoms with van der Waals surface area (Å²) in [6.45, 7) is 5.81. The van der Waals surface area contributed by atoms with E-state index in [9.17, 15) is 0 Å². The van der Waals surface area contributed by atoms with Crippen LogP contribution in [-0.4, -0.2) is 15.2 Å². The first kappa shape index (κ1) is 11.3. The molecular formula is C11H14N2O2S. The molecule has 0 aliphatic rings. The van der Waals surface area contributed by atoms with Gasteiger partial charge in [-0.05, 0) is 20.8 Å². The highest BCUT2D eigenvalue weighted by Crippen LogP contribution is 2.23. The van der Waals surface area contributed by atoms with Gasteiger partial charge in [-0.2, -0.15) is 0 Å². The number of hydrogen-bond acceptors (Lipinski definition) is 5. The number of aliphatic hydroxyl groups excluding tert-OH is 1. The second kappa shape index (κ2) is 4.35. The van der Waals surface area contributed by atoms with E-state index in [0.29, 0.717) is 0 Å². The van der Waals surface area contributed by atoms with Crippen molar-refractivity contribution in [2.75, 3.05) is 0 Å². The fraction of sp³-hybridized carbons (Fsp3) is 0.455. The maximum absolute atomic E-state index is 9.11. The van der Waals surface area contributed by atoms with Crippen LogP contribution in [0.5, 0.6) is 0 Å². The molecule has 2 heterocycles. The average molecular weight is 238 g/mol. The van der Waals surface area contributed by atoms with Gasteiger partial charge in [0.25, 0.3) is 0 Å². The largest absolute Gasteiger partial charge is 0.391 e. The Morgan fingerprint density at radius 3 is 2.50 bits per heavy atom. The van der Waals surface area contributed by atoms with E-state index >= 15 is 0 Å². The molecule has 0 aromatic carbocycles. The Balaban J connectivity index is 2.27. The Morgan fingerprint density at radius 2 is 2.00 bits per heavy atom. The molecule has 1 N–H and O–H groups in total. The third-order valence-corrected chi connectivity index (χ3v) is 3.73. The van der Waals surface area contributed by atoms with Crippen LogP contribution in [0.3, 0.4) is 0 Å². The molecule has 16 heavy (non-hydrogen) atoms. The lowest BCUT2D eigenvalue weighted by atomic mass is 10.1. The van der Waals surface area contributed by atoms with Crippen molar-refractivity contribution in [3.05, 3.63) is 32.6 Å². The van der Waals surface area contributed by atoms with Crippen molar-refractivity contribution in [3.63, 3.8) is 0 Å². The fourth-order valence-corrected chi connectivity index (χ4v) is 2.56. The van der Waals surface area contributed by atoms with Gasteiger partial charge in [-0.3, -0.25) is 0 Å². The van der Waals surface area contributed by atoms with Crippen molar-refractivity contribution in [2.45, 2.75) is 33.8 Å². The third-order valence-electron chi connectivity index (χ3n) is 2.59. The maximum Gasteiger partial charge on any atom is 0.137 e. The number of aliphatic hydroxyl groups is 1.